The van der Waals surface area contributed by atoms with Gasteiger partial charge in [-0.25, -0.2) is 8.42 Å². The van der Waals surface area contributed by atoms with Gasteiger partial charge in [-0.05, 0) is 18.1 Å². The molecule has 0 atom stereocenters. The first kappa shape index (κ1) is 19.5. The molecule has 23 heavy (non-hydrogen) atoms. The van der Waals surface area contributed by atoms with Crippen molar-refractivity contribution in [1.29, 1.82) is 5.26 Å². The molecule has 0 saturated carbocycles. The Bertz CT molecular complexity index is 664. The lowest BCUT2D eigenvalue weighted by Gasteiger charge is -2.11. The van der Waals surface area contributed by atoms with Crippen molar-refractivity contribution < 1.29 is 13.2 Å². The molecular weight excluding hydrogens is 332 g/mol. The zero-order valence-corrected chi connectivity index (χ0v) is 15.0. The van der Waals surface area contributed by atoms with Gasteiger partial charge in [0.1, 0.15) is 0 Å². The van der Waals surface area contributed by atoms with E-state index in [1.807, 2.05) is 26.0 Å². The molecule has 0 aliphatic rings. The Balaban J connectivity index is 2.59. The Morgan fingerprint density at radius 3 is 2.70 bits per heavy atom. The van der Waals surface area contributed by atoms with Crippen LogP contribution < -0.4 is 5.32 Å². The highest BCUT2D eigenvalue weighted by atomic mass is 32.2. The number of nitrogens with zero attached hydrogens (tertiary/aromatic N) is 1. The Morgan fingerprint density at radius 1 is 1.35 bits per heavy atom. The Morgan fingerprint density at radius 2 is 2.04 bits per heavy atom. The van der Waals surface area contributed by atoms with Crippen LogP contribution >= 0.6 is 11.8 Å². The number of nitriles is 1. The minimum Gasteiger partial charge on any atom is -0.325 e. The lowest BCUT2D eigenvalue weighted by molar-refractivity contribution is -0.115. The number of anilines is 1. The molecule has 0 bridgehead atoms. The minimum absolute atomic E-state index is 0.0494. The van der Waals surface area contributed by atoms with Crippen molar-refractivity contribution >= 4 is 33.2 Å². The molecule has 0 radical (unpaired) electrons. The van der Waals surface area contributed by atoms with Crippen LogP contribution in [-0.4, -0.2) is 31.6 Å². The van der Waals surface area contributed by atoms with Crippen LogP contribution in [-0.2, 0) is 14.6 Å². The standard InChI is InChI=1S/C16H22N2O3S2/c1-13(2)12-23(20,21)11-8-16(19)18-14-6-3-4-7-15(14)22-10-5-9-17/h3-4,6-7,13H,5,8,10-12H2,1-2H3,(H,18,19). The predicted molar refractivity (Wildman–Crippen MR) is 94.1 cm³/mol. The lowest BCUT2D eigenvalue weighted by Crippen LogP contribution is -2.21. The van der Waals surface area contributed by atoms with E-state index in [9.17, 15) is 13.2 Å². The molecule has 0 aliphatic heterocycles. The van der Waals surface area contributed by atoms with Crippen LogP contribution in [0, 0.1) is 17.2 Å². The topological polar surface area (TPSA) is 87.0 Å². The average molecular weight is 354 g/mol. The predicted octanol–water partition coefficient (Wildman–Crippen LogP) is 3.09. The van der Waals surface area contributed by atoms with Crippen molar-refractivity contribution in [3.63, 3.8) is 0 Å². The van der Waals surface area contributed by atoms with E-state index in [2.05, 4.69) is 11.4 Å². The van der Waals surface area contributed by atoms with Crippen LogP contribution in [0.2, 0.25) is 0 Å². The minimum atomic E-state index is -3.20. The quantitative estimate of drug-likeness (QED) is 0.544. The Kier molecular flexibility index (Phi) is 8.13. The average Bonchev–Trinajstić information content (AvgIpc) is 2.46. The SMILES string of the molecule is CC(C)CS(=O)(=O)CCC(=O)Nc1ccccc1SCCC#N. The molecule has 126 valence electrons. The third-order valence-corrected chi connectivity index (χ3v) is 5.94. The summed E-state index contributed by atoms with van der Waals surface area (Å²) in [5.74, 6) is 0.347. The van der Waals surface area contributed by atoms with Crippen LogP contribution in [0.5, 0.6) is 0 Å². The number of hydrogen-bond acceptors (Lipinski definition) is 5. The van der Waals surface area contributed by atoms with Crippen molar-refractivity contribution in [3.8, 4) is 6.07 Å². The highest BCUT2D eigenvalue weighted by molar-refractivity contribution is 7.99. The first-order valence-corrected chi connectivity index (χ1v) is 10.2. The molecule has 0 unspecified atom stereocenters. The molecule has 0 aliphatic carbocycles. The summed E-state index contributed by atoms with van der Waals surface area (Å²) in [4.78, 5) is 12.9. The third-order valence-electron chi connectivity index (χ3n) is 2.86. The van der Waals surface area contributed by atoms with E-state index in [1.54, 1.807) is 12.1 Å². The van der Waals surface area contributed by atoms with Gasteiger partial charge in [0.15, 0.2) is 9.84 Å². The Hall–Kier alpha value is -1.52. The van der Waals surface area contributed by atoms with Crippen LogP contribution in [0.3, 0.4) is 0 Å². The second-order valence-corrected chi connectivity index (χ2v) is 8.92. The largest absolute Gasteiger partial charge is 0.325 e. The molecule has 1 rings (SSSR count). The van der Waals surface area contributed by atoms with Gasteiger partial charge in [0.25, 0.3) is 0 Å². The molecule has 5 nitrogen and oxygen atoms in total. The number of thioether (sulfide) groups is 1. The van der Waals surface area contributed by atoms with E-state index in [1.165, 1.54) is 11.8 Å². The highest BCUT2D eigenvalue weighted by Gasteiger charge is 2.16. The van der Waals surface area contributed by atoms with Crippen LogP contribution in [0.1, 0.15) is 26.7 Å². The fraction of sp³-hybridized carbons (Fsp3) is 0.500. The number of benzene rings is 1. The maximum Gasteiger partial charge on any atom is 0.225 e. The molecule has 7 heteroatoms. The van der Waals surface area contributed by atoms with Crippen molar-refractivity contribution in [2.24, 2.45) is 5.92 Å². The summed E-state index contributed by atoms with van der Waals surface area (Å²) >= 11 is 1.49. The van der Waals surface area contributed by atoms with Gasteiger partial charge < -0.3 is 5.32 Å². The summed E-state index contributed by atoms with van der Waals surface area (Å²) in [5, 5.41) is 11.3. The molecule has 1 amide bonds. The first-order chi connectivity index (χ1) is 10.8. The van der Waals surface area contributed by atoms with E-state index >= 15 is 0 Å². The van der Waals surface area contributed by atoms with Gasteiger partial charge in [-0.2, -0.15) is 5.26 Å². The Labute approximate surface area is 142 Å². The fourth-order valence-electron chi connectivity index (χ4n) is 1.95. The van der Waals surface area contributed by atoms with Gasteiger partial charge in [-0.1, -0.05) is 26.0 Å². The fourth-order valence-corrected chi connectivity index (χ4v) is 4.50. The molecule has 0 heterocycles. The van der Waals surface area contributed by atoms with Crippen LogP contribution in [0.4, 0.5) is 5.69 Å². The zero-order valence-electron chi connectivity index (χ0n) is 13.4. The number of amides is 1. The van der Waals surface area contributed by atoms with Crippen molar-refractivity contribution in [2.45, 2.75) is 31.6 Å². The molecule has 1 aromatic rings. The second kappa shape index (κ2) is 9.58. The number of carbonyl (C=O) groups is 1. The number of nitrogens with one attached hydrogen (secondary N) is 1. The molecule has 0 saturated heterocycles. The van der Waals surface area contributed by atoms with Gasteiger partial charge in [0.05, 0.1) is 23.3 Å². The van der Waals surface area contributed by atoms with E-state index < -0.39 is 9.84 Å². The van der Waals surface area contributed by atoms with Crippen LogP contribution in [0.25, 0.3) is 0 Å². The van der Waals surface area contributed by atoms with Crippen molar-refractivity contribution in [2.75, 3.05) is 22.6 Å². The molecule has 1 aromatic carbocycles. The lowest BCUT2D eigenvalue weighted by atomic mass is 10.3. The monoisotopic (exact) mass is 354 g/mol. The van der Waals surface area contributed by atoms with Crippen molar-refractivity contribution in [1.82, 2.24) is 0 Å². The normalized spacial score (nSPS) is 11.2. The third kappa shape index (κ3) is 8.05. The summed E-state index contributed by atoms with van der Waals surface area (Å²) in [5.41, 5.74) is 0.654. The van der Waals surface area contributed by atoms with Gasteiger partial charge >= 0.3 is 0 Å². The van der Waals surface area contributed by atoms with E-state index in [-0.39, 0.29) is 29.8 Å². The number of carbonyl (C=O) groups excluding carboxylic acids is 1. The molecule has 1 N–H and O–H groups in total. The summed E-state index contributed by atoms with van der Waals surface area (Å²) in [6.07, 6.45) is 0.382. The number of para-hydroxylation sites is 1. The number of rotatable bonds is 9. The summed E-state index contributed by atoms with van der Waals surface area (Å²) in [7, 11) is -3.20. The van der Waals surface area contributed by atoms with Gasteiger partial charge in [-0.15, -0.1) is 11.8 Å². The molecule has 0 aromatic heterocycles. The van der Waals surface area contributed by atoms with Gasteiger partial charge in [-0.3, -0.25) is 4.79 Å². The van der Waals surface area contributed by atoms with Gasteiger partial charge in [0.2, 0.25) is 5.91 Å². The summed E-state index contributed by atoms with van der Waals surface area (Å²) < 4.78 is 23.6. The highest BCUT2D eigenvalue weighted by Crippen LogP contribution is 2.27. The summed E-state index contributed by atoms with van der Waals surface area (Å²) in [6.45, 7) is 3.68. The van der Waals surface area contributed by atoms with E-state index in [0.717, 1.165) is 4.90 Å². The molecule has 0 spiro atoms. The van der Waals surface area contributed by atoms with Crippen LogP contribution in [0.15, 0.2) is 29.2 Å². The smallest absolute Gasteiger partial charge is 0.225 e. The molecule has 0 fully saturated rings. The van der Waals surface area contributed by atoms with Gasteiger partial charge in [0, 0.05) is 23.5 Å². The maximum atomic E-state index is 12.0. The maximum absolute atomic E-state index is 12.0. The zero-order chi connectivity index (χ0) is 17.3. The molecular formula is C16H22N2O3S2. The number of hydrogen-bond donors (Lipinski definition) is 1. The van der Waals surface area contributed by atoms with Crippen molar-refractivity contribution in [3.05, 3.63) is 24.3 Å². The summed E-state index contributed by atoms with van der Waals surface area (Å²) in [6, 6.07) is 9.38. The second-order valence-electron chi connectivity index (χ2n) is 5.56. The first-order valence-electron chi connectivity index (χ1n) is 7.43. The van der Waals surface area contributed by atoms with E-state index in [4.69, 9.17) is 5.26 Å². The number of sulfone groups is 1. The van der Waals surface area contributed by atoms with E-state index in [0.29, 0.717) is 17.9 Å².